The van der Waals surface area contributed by atoms with E-state index < -0.39 is 0 Å². The van der Waals surface area contributed by atoms with Gasteiger partial charge in [0.25, 0.3) is 0 Å². The molecule has 0 aromatic heterocycles. The molecule has 5 heteroatoms. The van der Waals surface area contributed by atoms with E-state index in [-0.39, 0.29) is 11.8 Å². The van der Waals surface area contributed by atoms with Crippen LogP contribution in [0.2, 0.25) is 0 Å². The number of amides is 2. The Kier molecular flexibility index (Phi) is 5.99. The van der Waals surface area contributed by atoms with E-state index in [2.05, 4.69) is 17.6 Å². The molecule has 0 fully saturated rings. The molecule has 1 aromatic carbocycles. The van der Waals surface area contributed by atoms with Crippen LogP contribution in [0.15, 0.2) is 18.2 Å². The molecule has 106 valence electrons. The van der Waals surface area contributed by atoms with Crippen molar-refractivity contribution in [2.24, 2.45) is 0 Å². The number of hydrogen-bond acceptors (Lipinski definition) is 3. The Morgan fingerprint density at radius 3 is 2.68 bits per heavy atom. The minimum atomic E-state index is -0.291. The normalized spacial score (nSPS) is 10.1. The first-order valence-corrected chi connectivity index (χ1v) is 6.60. The smallest absolute Gasteiger partial charge is 0.319 e. The lowest BCUT2D eigenvalue weighted by atomic mass is 10.2. The average molecular weight is 265 g/mol. The highest BCUT2D eigenvalue weighted by Crippen LogP contribution is 2.32. The number of anilines is 2. The number of carbonyl (C=O) groups excluding carboxylic acids is 1. The number of para-hydroxylation sites is 1. The van der Waals surface area contributed by atoms with E-state index in [0.29, 0.717) is 12.2 Å². The molecule has 0 aliphatic carbocycles. The highest BCUT2D eigenvalue weighted by atomic mass is 16.3. The number of unbranched alkanes of at least 4 members (excludes halogenated alkanes) is 2. The van der Waals surface area contributed by atoms with E-state index in [1.54, 1.807) is 12.1 Å². The van der Waals surface area contributed by atoms with Crippen LogP contribution in [0.1, 0.15) is 26.2 Å². The third-order valence-corrected chi connectivity index (χ3v) is 2.81. The maximum atomic E-state index is 11.8. The van der Waals surface area contributed by atoms with Crippen LogP contribution < -0.4 is 15.5 Å². The zero-order chi connectivity index (χ0) is 14.3. The van der Waals surface area contributed by atoms with E-state index >= 15 is 0 Å². The fourth-order valence-electron chi connectivity index (χ4n) is 1.76. The second-order valence-electron chi connectivity index (χ2n) is 4.65. The third kappa shape index (κ3) is 4.69. The zero-order valence-corrected chi connectivity index (χ0v) is 11.9. The van der Waals surface area contributed by atoms with Gasteiger partial charge in [0.05, 0.1) is 5.69 Å². The minimum Gasteiger partial charge on any atom is -0.506 e. The number of nitrogens with zero attached hydrogens (tertiary/aromatic N) is 1. The Labute approximate surface area is 114 Å². The Bertz CT molecular complexity index is 419. The number of carbonyl (C=O) groups is 1. The molecule has 0 saturated heterocycles. The number of benzene rings is 1. The largest absolute Gasteiger partial charge is 0.506 e. The Morgan fingerprint density at radius 2 is 2.05 bits per heavy atom. The molecule has 0 unspecified atom stereocenters. The number of hydrogen-bond donors (Lipinski definition) is 3. The van der Waals surface area contributed by atoms with Crippen LogP contribution in [-0.4, -0.2) is 31.8 Å². The summed E-state index contributed by atoms with van der Waals surface area (Å²) in [4.78, 5) is 13.6. The van der Waals surface area contributed by atoms with Crippen LogP contribution in [0, 0.1) is 0 Å². The molecule has 0 saturated carbocycles. The lowest BCUT2D eigenvalue weighted by Gasteiger charge is -2.19. The van der Waals surface area contributed by atoms with Gasteiger partial charge in [-0.1, -0.05) is 25.8 Å². The molecular weight excluding hydrogens is 242 g/mol. The monoisotopic (exact) mass is 265 g/mol. The van der Waals surface area contributed by atoms with E-state index in [0.717, 1.165) is 24.9 Å². The standard InChI is InChI=1S/C14H23N3O2/c1-4-5-6-10-15-14(19)16-13-11(17(2)3)8-7-9-12(13)18/h7-9,18H,4-6,10H2,1-3H3,(H2,15,16,19). The van der Waals surface area contributed by atoms with Gasteiger partial charge in [0.15, 0.2) is 0 Å². The maximum absolute atomic E-state index is 11.8. The summed E-state index contributed by atoms with van der Waals surface area (Å²) >= 11 is 0. The van der Waals surface area contributed by atoms with Crippen LogP contribution in [0.5, 0.6) is 5.75 Å². The van der Waals surface area contributed by atoms with Crippen molar-refractivity contribution < 1.29 is 9.90 Å². The van der Waals surface area contributed by atoms with Gasteiger partial charge >= 0.3 is 6.03 Å². The van der Waals surface area contributed by atoms with Crippen molar-refractivity contribution in [3.8, 4) is 5.75 Å². The molecule has 0 aliphatic rings. The first-order chi connectivity index (χ1) is 9.06. The molecule has 0 atom stereocenters. The van der Waals surface area contributed by atoms with Gasteiger partial charge in [-0.2, -0.15) is 0 Å². The number of rotatable bonds is 6. The SMILES string of the molecule is CCCCCNC(=O)Nc1c(O)cccc1N(C)C. The Hall–Kier alpha value is -1.91. The van der Waals surface area contributed by atoms with Crippen LogP contribution in [0.25, 0.3) is 0 Å². The van der Waals surface area contributed by atoms with Gasteiger partial charge in [0.1, 0.15) is 11.4 Å². The van der Waals surface area contributed by atoms with Crippen molar-refractivity contribution in [3.05, 3.63) is 18.2 Å². The van der Waals surface area contributed by atoms with Crippen LogP contribution in [0.4, 0.5) is 16.2 Å². The number of nitrogens with one attached hydrogen (secondary N) is 2. The highest BCUT2D eigenvalue weighted by molar-refractivity contribution is 5.95. The van der Waals surface area contributed by atoms with Crippen LogP contribution >= 0.6 is 0 Å². The summed E-state index contributed by atoms with van der Waals surface area (Å²) in [5.74, 6) is 0.0647. The van der Waals surface area contributed by atoms with Crippen LogP contribution in [-0.2, 0) is 0 Å². The molecule has 0 heterocycles. The summed E-state index contributed by atoms with van der Waals surface area (Å²) in [6, 6.07) is 4.85. The van der Waals surface area contributed by atoms with E-state index in [9.17, 15) is 9.90 Å². The summed E-state index contributed by atoms with van der Waals surface area (Å²) in [7, 11) is 3.72. The van der Waals surface area contributed by atoms with Gasteiger partial charge in [-0.3, -0.25) is 0 Å². The van der Waals surface area contributed by atoms with E-state index in [1.165, 1.54) is 0 Å². The highest BCUT2D eigenvalue weighted by Gasteiger charge is 2.12. The van der Waals surface area contributed by atoms with Gasteiger partial charge < -0.3 is 20.6 Å². The second kappa shape index (κ2) is 7.51. The third-order valence-electron chi connectivity index (χ3n) is 2.81. The Morgan fingerprint density at radius 1 is 1.32 bits per heavy atom. The van der Waals surface area contributed by atoms with Crippen molar-refractivity contribution in [3.63, 3.8) is 0 Å². The second-order valence-corrected chi connectivity index (χ2v) is 4.65. The van der Waals surface area contributed by atoms with Crippen molar-refractivity contribution in [1.29, 1.82) is 0 Å². The number of phenolic OH excluding ortho intramolecular Hbond substituents is 1. The first kappa shape index (κ1) is 15.1. The quantitative estimate of drug-likeness (QED) is 0.547. The lowest BCUT2D eigenvalue weighted by Crippen LogP contribution is -2.30. The molecule has 1 rings (SSSR count). The van der Waals surface area contributed by atoms with Crippen molar-refractivity contribution >= 4 is 17.4 Å². The maximum Gasteiger partial charge on any atom is 0.319 e. The average Bonchev–Trinajstić information content (AvgIpc) is 2.37. The number of aromatic hydroxyl groups is 1. The summed E-state index contributed by atoms with van der Waals surface area (Å²) in [5.41, 5.74) is 1.20. The molecule has 0 spiro atoms. The molecule has 5 nitrogen and oxygen atoms in total. The molecule has 0 bridgehead atoms. The van der Waals surface area contributed by atoms with Crippen molar-refractivity contribution in [1.82, 2.24) is 5.32 Å². The number of urea groups is 1. The van der Waals surface area contributed by atoms with Gasteiger partial charge in [0.2, 0.25) is 0 Å². The molecule has 0 aliphatic heterocycles. The summed E-state index contributed by atoms with van der Waals surface area (Å²) in [6.45, 7) is 2.76. The summed E-state index contributed by atoms with van der Waals surface area (Å²) < 4.78 is 0. The molecular formula is C14H23N3O2. The summed E-state index contributed by atoms with van der Waals surface area (Å²) in [6.07, 6.45) is 3.18. The van der Waals surface area contributed by atoms with Gasteiger partial charge in [0, 0.05) is 20.6 Å². The van der Waals surface area contributed by atoms with E-state index in [4.69, 9.17) is 0 Å². The molecule has 3 N–H and O–H groups in total. The zero-order valence-electron chi connectivity index (χ0n) is 11.9. The molecule has 0 radical (unpaired) electrons. The fraction of sp³-hybridized carbons (Fsp3) is 0.500. The van der Waals surface area contributed by atoms with Crippen molar-refractivity contribution in [2.45, 2.75) is 26.2 Å². The minimum absolute atomic E-state index is 0.0647. The lowest BCUT2D eigenvalue weighted by molar-refractivity contribution is 0.252. The van der Waals surface area contributed by atoms with E-state index in [1.807, 2.05) is 25.1 Å². The molecule has 2 amide bonds. The fourth-order valence-corrected chi connectivity index (χ4v) is 1.76. The molecule has 1 aromatic rings. The summed E-state index contributed by atoms with van der Waals surface area (Å²) in [5, 5.41) is 15.3. The topological polar surface area (TPSA) is 64.6 Å². The van der Waals surface area contributed by atoms with Gasteiger partial charge in [-0.15, -0.1) is 0 Å². The predicted molar refractivity (Wildman–Crippen MR) is 79.0 cm³/mol. The van der Waals surface area contributed by atoms with Gasteiger partial charge in [-0.25, -0.2) is 4.79 Å². The number of phenols is 1. The Balaban J connectivity index is 2.63. The van der Waals surface area contributed by atoms with Crippen molar-refractivity contribution in [2.75, 3.05) is 30.9 Å². The van der Waals surface area contributed by atoms with Gasteiger partial charge in [-0.05, 0) is 18.6 Å². The predicted octanol–water partition coefficient (Wildman–Crippen LogP) is 2.77. The first-order valence-electron chi connectivity index (χ1n) is 6.60. The molecule has 19 heavy (non-hydrogen) atoms. The van der Waals surface area contributed by atoms with Crippen LogP contribution in [0.3, 0.4) is 0 Å².